The summed E-state index contributed by atoms with van der Waals surface area (Å²) >= 11 is 0. The van der Waals surface area contributed by atoms with E-state index in [1.165, 1.54) is 33.4 Å². The predicted octanol–water partition coefficient (Wildman–Crippen LogP) is 6.70. The molecule has 1 N–H and O–H groups in total. The summed E-state index contributed by atoms with van der Waals surface area (Å²) in [6.07, 6.45) is 5.32. The molecule has 0 saturated carbocycles. The number of likely N-dealkylation sites (tertiary alicyclic amines) is 1. The molecule has 0 bridgehead atoms. The first-order valence-electron chi connectivity index (χ1n) is 13.9. The second-order valence-electron chi connectivity index (χ2n) is 10.2. The minimum absolute atomic E-state index is 0.270. The Morgan fingerprint density at radius 2 is 1.53 bits per heavy atom. The van der Waals surface area contributed by atoms with Crippen LogP contribution in [0.3, 0.4) is 0 Å². The van der Waals surface area contributed by atoms with Gasteiger partial charge in [-0.3, -0.25) is 9.88 Å². The molecule has 2 heterocycles. The fourth-order valence-corrected chi connectivity index (χ4v) is 5.46. The maximum atomic E-state index is 10.8. The molecule has 0 radical (unpaired) electrons. The lowest BCUT2D eigenvalue weighted by atomic mass is 9.87. The van der Waals surface area contributed by atoms with Gasteiger partial charge in [-0.25, -0.2) is 0 Å². The zero-order valence-corrected chi connectivity index (χ0v) is 22.6. The molecule has 0 amide bonds. The highest BCUT2D eigenvalue weighted by Gasteiger charge is 2.21. The average molecular weight is 507 g/mol. The van der Waals surface area contributed by atoms with Crippen molar-refractivity contribution in [2.75, 3.05) is 26.2 Å². The van der Waals surface area contributed by atoms with Gasteiger partial charge in [0.15, 0.2) is 0 Å². The predicted molar refractivity (Wildman–Crippen MR) is 157 cm³/mol. The van der Waals surface area contributed by atoms with Crippen molar-refractivity contribution >= 4 is 16.5 Å². The Bertz CT molecular complexity index is 1350. The van der Waals surface area contributed by atoms with Gasteiger partial charge in [0, 0.05) is 31.2 Å². The summed E-state index contributed by atoms with van der Waals surface area (Å²) in [6.45, 7) is 7.20. The molecule has 38 heavy (non-hydrogen) atoms. The van der Waals surface area contributed by atoms with Gasteiger partial charge in [-0.05, 0) is 77.8 Å². The van der Waals surface area contributed by atoms with Crippen molar-refractivity contribution in [2.24, 2.45) is 0 Å². The van der Waals surface area contributed by atoms with Crippen LogP contribution in [0.1, 0.15) is 48.9 Å². The molecule has 1 atom stereocenters. The molecule has 1 aromatic heterocycles. The number of nitrogens with zero attached hydrogens (tertiary/aromatic N) is 2. The molecule has 196 valence electrons. The third kappa shape index (κ3) is 6.15. The van der Waals surface area contributed by atoms with Crippen LogP contribution < -0.4 is 4.74 Å². The lowest BCUT2D eigenvalue weighted by molar-refractivity contribution is 0.0661. The quantitative estimate of drug-likeness (QED) is 0.274. The first-order valence-corrected chi connectivity index (χ1v) is 13.9. The number of aryl methyl sites for hydroxylation is 2. The van der Waals surface area contributed by atoms with Crippen LogP contribution in [-0.4, -0.2) is 47.3 Å². The molecule has 1 fully saturated rings. The number of pyridine rings is 1. The van der Waals surface area contributed by atoms with Crippen molar-refractivity contribution in [1.29, 1.82) is 0 Å². The van der Waals surface area contributed by atoms with Gasteiger partial charge in [0.2, 0.25) is 0 Å². The molecule has 1 saturated heterocycles. The molecule has 0 spiro atoms. The van der Waals surface area contributed by atoms with Gasteiger partial charge in [0.05, 0.1) is 5.52 Å². The zero-order chi connectivity index (χ0) is 26.3. The number of hydrogen-bond acceptors (Lipinski definition) is 4. The lowest BCUT2D eigenvalue weighted by Crippen LogP contribution is -2.39. The van der Waals surface area contributed by atoms with Crippen molar-refractivity contribution < 1.29 is 9.84 Å². The molecule has 1 aliphatic rings. The summed E-state index contributed by atoms with van der Waals surface area (Å²) in [5, 5.41) is 11.8. The smallest absolute Gasteiger partial charge is 0.128 e. The van der Waals surface area contributed by atoms with Gasteiger partial charge in [-0.2, -0.15) is 0 Å². The maximum Gasteiger partial charge on any atom is 0.128 e. The standard InChI is InChI=1S/C34H38N2O2/c1-3-25-9-5-11-28(21-25)34(29-12-6-10-26(4-2)22-29)27-16-19-36(20-17-27)23-30(37)24-38-33-15-7-14-32-31(33)13-8-18-35-32/h5-15,18,21-22,30,37H,3-4,16-17,19-20,23-24H2,1-2H3. The van der Waals surface area contributed by atoms with Gasteiger partial charge in [0.1, 0.15) is 18.5 Å². The normalized spacial score (nSPS) is 15.0. The van der Waals surface area contributed by atoms with Crippen LogP contribution >= 0.6 is 0 Å². The summed E-state index contributed by atoms with van der Waals surface area (Å²) < 4.78 is 6.02. The van der Waals surface area contributed by atoms with E-state index in [1.807, 2.05) is 30.3 Å². The van der Waals surface area contributed by atoms with E-state index in [4.69, 9.17) is 4.74 Å². The highest BCUT2D eigenvalue weighted by atomic mass is 16.5. The van der Waals surface area contributed by atoms with Crippen molar-refractivity contribution in [1.82, 2.24) is 9.88 Å². The molecule has 1 aliphatic heterocycles. The Morgan fingerprint density at radius 1 is 0.868 bits per heavy atom. The monoisotopic (exact) mass is 506 g/mol. The molecular formula is C34H38N2O2. The van der Waals surface area contributed by atoms with Crippen LogP contribution in [0.25, 0.3) is 16.5 Å². The molecule has 4 nitrogen and oxygen atoms in total. The van der Waals surface area contributed by atoms with Gasteiger partial charge in [-0.15, -0.1) is 0 Å². The minimum atomic E-state index is -0.547. The van der Waals surface area contributed by atoms with Gasteiger partial charge in [-0.1, -0.05) is 74.0 Å². The molecule has 1 unspecified atom stereocenters. The molecule has 0 aliphatic carbocycles. The Hall–Kier alpha value is -3.47. The number of hydrogen-bond donors (Lipinski definition) is 1. The minimum Gasteiger partial charge on any atom is -0.490 e. The van der Waals surface area contributed by atoms with Gasteiger partial charge < -0.3 is 9.84 Å². The molecule has 3 aromatic carbocycles. The number of aromatic nitrogens is 1. The van der Waals surface area contributed by atoms with E-state index >= 15 is 0 Å². The van der Waals surface area contributed by atoms with Crippen LogP contribution in [0.2, 0.25) is 0 Å². The first-order chi connectivity index (χ1) is 18.6. The third-order valence-electron chi connectivity index (χ3n) is 7.57. The Balaban J connectivity index is 1.27. The Labute approximate surface area is 226 Å². The Morgan fingerprint density at radius 3 is 2.18 bits per heavy atom. The number of β-amino-alcohol motifs (C(OH)–C–C–N with tert-alkyl or cyclic N) is 1. The van der Waals surface area contributed by atoms with Crippen LogP contribution in [0.4, 0.5) is 0 Å². The number of piperidine rings is 1. The van der Waals surface area contributed by atoms with E-state index in [1.54, 1.807) is 6.20 Å². The molecule has 4 heteroatoms. The fourth-order valence-electron chi connectivity index (χ4n) is 5.46. The van der Waals surface area contributed by atoms with Crippen molar-refractivity contribution in [2.45, 2.75) is 45.6 Å². The Kier molecular flexibility index (Phi) is 8.52. The van der Waals surface area contributed by atoms with E-state index < -0.39 is 6.10 Å². The number of benzene rings is 3. The van der Waals surface area contributed by atoms with E-state index in [9.17, 15) is 5.11 Å². The van der Waals surface area contributed by atoms with Crippen molar-refractivity contribution in [3.63, 3.8) is 0 Å². The van der Waals surface area contributed by atoms with E-state index in [-0.39, 0.29) is 6.61 Å². The van der Waals surface area contributed by atoms with Crippen LogP contribution in [-0.2, 0) is 12.8 Å². The second kappa shape index (κ2) is 12.4. The van der Waals surface area contributed by atoms with E-state index in [2.05, 4.69) is 72.3 Å². The van der Waals surface area contributed by atoms with Crippen LogP contribution in [0.5, 0.6) is 5.75 Å². The SMILES string of the molecule is CCc1cccc(C(=C2CCN(CC(O)COc3cccc4ncccc34)CC2)c2cccc(CC)c2)c1. The first kappa shape index (κ1) is 26.1. The summed E-state index contributed by atoms with van der Waals surface area (Å²) in [4.78, 5) is 6.76. The highest BCUT2D eigenvalue weighted by molar-refractivity contribution is 5.85. The summed E-state index contributed by atoms with van der Waals surface area (Å²) in [5.74, 6) is 0.770. The lowest BCUT2D eigenvalue weighted by Gasteiger charge is -2.31. The third-order valence-corrected chi connectivity index (χ3v) is 7.57. The number of ether oxygens (including phenoxy) is 1. The van der Waals surface area contributed by atoms with Crippen molar-refractivity contribution in [3.8, 4) is 5.75 Å². The van der Waals surface area contributed by atoms with E-state index in [0.29, 0.717) is 6.54 Å². The molecule has 5 rings (SSSR count). The highest BCUT2D eigenvalue weighted by Crippen LogP contribution is 2.33. The zero-order valence-electron chi connectivity index (χ0n) is 22.6. The van der Waals surface area contributed by atoms with Crippen LogP contribution in [0.15, 0.2) is 90.6 Å². The number of rotatable bonds is 9. The van der Waals surface area contributed by atoms with Gasteiger partial charge in [0.25, 0.3) is 0 Å². The average Bonchev–Trinajstić information content (AvgIpc) is 2.97. The van der Waals surface area contributed by atoms with E-state index in [0.717, 1.165) is 55.4 Å². The second-order valence-corrected chi connectivity index (χ2v) is 10.2. The van der Waals surface area contributed by atoms with Crippen molar-refractivity contribution in [3.05, 3.63) is 113 Å². The van der Waals surface area contributed by atoms with Gasteiger partial charge >= 0.3 is 0 Å². The fraction of sp³-hybridized carbons (Fsp3) is 0.324. The largest absolute Gasteiger partial charge is 0.490 e. The summed E-state index contributed by atoms with van der Waals surface area (Å²) in [6, 6.07) is 27.8. The molecular weight excluding hydrogens is 468 g/mol. The number of aliphatic hydroxyl groups excluding tert-OH is 1. The number of aliphatic hydroxyl groups is 1. The summed E-state index contributed by atoms with van der Waals surface area (Å²) in [5.41, 5.74) is 9.18. The van der Waals surface area contributed by atoms with Crippen LogP contribution in [0, 0.1) is 0 Å². The maximum absolute atomic E-state index is 10.8. The topological polar surface area (TPSA) is 45.6 Å². The number of fused-ring (bicyclic) bond motifs is 1. The summed E-state index contributed by atoms with van der Waals surface area (Å²) in [7, 11) is 0. The molecule has 4 aromatic rings.